The van der Waals surface area contributed by atoms with E-state index in [9.17, 15) is 9.59 Å². The molecule has 3 rings (SSSR count). The van der Waals surface area contributed by atoms with E-state index in [-0.39, 0.29) is 30.3 Å². The number of hydrogen-bond acceptors (Lipinski definition) is 7. The number of carbonyl (C=O) groups excluding carboxylic acids is 2. The number of amides is 2. The lowest BCUT2D eigenvalue weighted by atomic mass is 9.82. The molecule has 1 aromatic carbocycles. The number of rotatable bonds is 11. The Morgan fingerprint density at radius 1 is 1.14 bits per heavy atom. The van der Waals surface area contributed by atoms with Gasteiger partial charge >= 0.3 is 0 Å². The first-order valence-electron chi connectivity index (χ1n) is 12.5. The van der Waals surface area contributed by atoms with E-state index in [0.717, 1.165) is 37.1 Å². The molecule has 1 fully saturated rings. The topological polar surface area (TPSA) is 102 Å². The van der Waals surface area contributed by atoms with Gasteiger partial charge in [0.2, 0.25) is 17.8 Å². The van der Waals surface area contributed by atoms with E-state index in [1.807, 2.05) is 50.4 Å². The molecule has 36 heavy (non-hydrogen) atoms. The van der Waals surface area contributed by atoms with Gasteiger partial charge in [0, 0.05) is 51.1 Å². The Labute approximate surface area is 214 Å². The lowest BCUT2D eigenvalue weighted by Gasteiger charge is -2.31. The van der Waals surface area contributed by atoms with E-state index < -0.39 is 0 Å². The minimum atomic E-state index is -0.176. The minimum absolute atomic E-state index is 0.0379. The Bertz CT molecular complexity index is 1030. The Morgan fingerprint density at radius 3 is 2.64 bits per heavy atom. The van der Waals surface area contributed by atoms with Crippen molar-refractivity contribution in [3.05, 3.63) is 59.8 Å². The number of nitrogens with one attached hydrogen (secondary N) is 3. The van der Waals surface area contributed by atoms with Crippen LogP contribution in [0, 0.1) is 0 Å². The van der Waals surface area contributed by atoms with Gasteiger partial charge in [-0.15, -0.1) is 0 Å². The zero-order chi connectivity index (χ0) is 25.9. The van der Waals surface area contributed by atoms with Crippen LogP contribution in [0.3, 0.4) is 0 Å². The van der Waals surface area contributed by atoms with Crippen molar-refractivity contribution < 1.29 is 9.59 Å². The molecule has 0 radical (unpaired) electrons. The SMILES string of the molecule is CNc1ncc([C@@H]2CCC[C@H](NC(=O)CN(C)C(=O)/C=C/CN(C)C)C2)c(NCc2ccccc2)n1. The predicted molar refractivity (Wildman–Crippen MR) is 144 cm³/mol. The van der Waals surface area contributed by atoms with Crippen molar-refractivity contribution in [2.45, 2.75) is 44.2 Å². The summed E-state index contributed by atoms with van der Waals surface area (Å²) in [7, 11) is 7.33. The standard InChI is InChI=1S/C27H39N7O2/c1-28-27-30-18-23(26(32-27)29-17-20-10-6-5-7-11-20)21-12-8-13-22(16-21)31-24(35)19-34(4)25(36)14-9-15-33(2)3/h5-7,9-11,14,18,21-22H,8,12-13,15-17,19H2,1-4H3,(H,31,35)(H2,28,29,30,32)/b14-9+/t21-,22+/m1/s1. The van der Waals surface area contributed by atoms with Crippen molar-refractivity contribution in [1.82, 2.24) is 25.1 Å². The molecule has 0 unspecified atom stereocenters. The number of benzene rings is 1. The first kappa shape index (κ1) is 27.1. The third-order valence-electron chi connectivity index (χ3n) is 6.31. The fourth-order valence-corrected chi connectivity index (χ4v) is 4.40. The fourth-order valence-electron chi connectivity index (χ4n) is 4.40. The summed E-state index contributed by atoms with van der Waals surface area (Å²) in [6.07, 6.45) is 8.97. The first-order valence-corrected chi connectivity index (χ1v) is 12.5. The highest BCUT2D eigenvalue weighted by Gasteiger charge is 2.27. The molecule has 1 aromatic heterocycles. The van der Waals surface area contributed by atoms with Gasteiger partial charge in [0.15, 0.2) is 0 Å². The van der Waals surface area contributed by atoms with Gasteiger partial charge in [-0.2, -0.15) is 4.98 Å². The van der Waals surface area contributed by atoms with Crippen molar-refractivity contribution in [2.75, 3.05) is 51.9 Å². The second-order valence-corrected chi connectivity index (χ2v) is 9.57. The van der Waals surface area contributed by atoms with Crippen LogP contribution in [0.5, 0.6) is 0 Å². The molecule has 1 aliphatic rings. The lowest BCUT2D eigenvalue weighted by Crippen LogP contribution is -2.44. The van der Waals surface area contributed by atoms with Gasteiger partial charge in [0.05, 0.1) is 6.54 Å². The van der Waals surface area contributed by atoms with Crippen LogP contribution in [0.4, 0.5) is 11.8 Å². The molecule has 2 aromatic rings. The Kier molecular flexibility index (Phi) is 10.2. The van der Waals surface area contributed by atoms with Gasteiger partial charge in [0.25, 0.3) is 0 Å². The van der Waals surface area contributed by atoms with Gasteiger partial charge in [-0.1, -0.05) is 42.8 Å². The van der Waals surface area contributed by atoms with Crippen molar-refractivity contribution in [3.63, 3.8) is 0 Å². The maximum absolute atomic E-state index is 12.7. The third-order valence-corrected chi connectivity index (χ3v) is 6.31. The van der Waals surface area contributed by atoms with E-state index in [0.29, 0.717) is 19.0 Å². The Balaban J connectivity index is 1.60. The molecule has 0 spiro atoms. The van der Waals surface area contributed by atoms with Crippen LogP contribution < -0.4 is 16.0 Å². The summed E-state index contributed by atoms with van der Waals surface area (Å²) in [5.74, 6) is 1.32. The van der Waals surface area contributed by atoms with E-state index >= 15 is 0 Å². The highest BCUT2D eigenvalue weighted by Crippen LogP contribution is 2.36. The molecule has 9 heteroatoms. The number of carbonyl (C=O) groups is 2. The molecule has 9 nitrogen and oxygen atoms in total. The number of aromatic nitrogens is 2. The molecular formula is C27H39N7O2. The highest BCUT2D eigenvalue weighted by molar-refractivity contribution is 5.91. The average Bonchev–Trinajstić information content (AvgIpc) is 2.87. The molecule has 0 saturated heterocycles. The van der Waals surface area contributed by atoms with Crippen molar-refractivity contribution in [2.24, 2.45) is 0 Å². The van der Waals surface area contributed by atoms with Gasteiger partial charge in [-0.3, -0.25) is 9.59 Å². The molecule has 2 atom stereocenters. The summed E-state index contributed by atoms with van der Waals surface area (Å²) < 4.78 is 0. The molecular weight excluding hydrogens is 454 g/mol. The molecule has 2 amide bonds. The van der Waals surface area contributed by atoms with Crippen molar-refractivity contribution in [3.8, 4) is 0 Å². The van der Waals surface area contributed by atoms with Gasteiger partial charge in [0.1, 0.15) is 5.82 Å². The number of nitrogens with zero attached hydrogens (tertiary/aromatic N) is 4. The van der Waals surface area contributed by atoms with E-state index in [4.69, 9.17) is 0 Å². The Hall–Kier alpha value is -3.46. The lowest BCUT2D eigenvalue weighted by molar-refractivity contribution is -0.131. The summed E-state index contributed by atoms with van der Waals surface area (Å²) in [4.78, 5) is 37.5. The molecule has 1 heterocycles. The summed E-state index contributed by atoms with van der Waals surface area (Å²) >= 11 is 0. The summed E-state index contributed by atoms with van der Waals surface area (Å²) in [5.41, 5.74) is 2.25. The second-order valence-electron chi connectivity index (χ2n) is 9.57. The monoisotopic (exact) mass is 493 g/mol. The van der Waals surface area contributed by atoms with Crippen LogP contribution >= 0.6 is 0 Å². The predicted octanol–water partition coefficient (Wildman–Crippen LogP) is 2.85. The first-order chi connectivity index (χ1) is 17.4. The molecule has 0 aliphatic heterocycles. The maximum Gasteiger partial charge on any atom is 0.246 e. The van der Waals surface area contributed by atoms with Gasteiger partial charge in [-0.25, -0.2) is 4.98 Å². The van der Waals surface area contributed by atoms with Crippen LogP contribution in [0.25, 0.3) is 0 Å². The number of likely N-dealkylation sites (N-methyl/N-ethyl adjacent to an activating group) is 2. The molecule has 194 valence electrons. The summed E-state index contributed by atoms with van der Waals surface area (Å²) in [5, 5.41) is 9.64. The van der Waals surface area contributed by atoms with E-state index in [2.05, 4.69) is 38.1 Å². The quantitative estimate of drug-likeness (QED) is 0.414. The molecule has 1 aliphatic carbocycles. The normalized spacial score (nSPS) is 17.7. The van der Waals surface area contributed by atoms with E-state index in [1.165, 1.54) is 16.5 Å². The fraction of sp³-hybridized carbons (Fsp3) is 0.481. The zero-order valence-corrected chi connectivity index (χ0v) is 21.8. The van der Waals surface area contributed by atoms with Crippen LogP contribution in [0.2, 0.25) is 0 Å². The largest absolute Gasteiger partial charge is 0.366 e. The number of anilines is 2. The average molecular weight is 494 g/mol. The van der Waals surface area contributed by atoms with Crippen LogP contribution in [0.1, 0.15) is 42.7 Å². The molecule has 3 N–H and O–H groups in total. The van der Waals surface area contributed by atoms with Crippen LogP contribution in [-0.2, 0) is 16.1 Å². The second kappa shape index (κ2) is 13.6. The van der Waals surface area contributed by atoms with Crippen LogP contribution in [-0.4, -0.2) is 78.9 Å². The Morgan fingerprint density at radius 2 is 1.92 bits per heavy atom. The zero-order valence-electron chi connectivity index (χ0n) is 21.8. The maximum atomic E-state index is 12.7. The smallest absolute Gasteiger partial charge is 0.246 e. The van der Waals surface area contributed by atoms with Crippen molar-refractivity contribution in [1.29, 1.82) is 0 Å². The van der Waals surface area contributed by atoms with Gasteiger partial charge in [-0.05, 0) is 44.8 Å². The third kappa shape index (κ3) is 8.34. The highest BCUT2D eigenvalue weighted by atomic mass is 16.2. The minimum Gasteiger partial charge on any atom is -0.366 e. The summed E-state index contributed by atoms with van der Waals surface area (Å²) in [6, 6.07) is 10.3. The molecule has 0 bridgehead atoms. The van der Waals surface area contributed by atoms with Crippen LogP contribution in [0.15, 0.2) is 48.7 Å². The van der Waals surface area contributed by atoms with E-state index in [1.54, 1.807) is 13.1 Å². The number of hydrogen-bond donors (Lipinski definition) is 3. The summed E-state index contributed by atoms with van der Waals surface area (Å²) in [6.45, 7) is 1.39. The van der Waals surface area contributed by atoms with Crippen molar-refractivity contribution >= 4 is 23.6 Å². The van der Waals surface area contributed by atoms with Gasteiger partial charge < -0.3 is 25.8 Å². The molecule has 1 saturated carbocycles.